The molecular weight excluding hydrogens is 430 g/mol. The van der Waals surface area contributed by atoms with Crippen molar-refractivity contribution in [3.63, 3.8) is 0 Å². The highest BCUT2D eigenvalue weighted by molar-refractivity contribution is 6.06. The molecule has 1 aliphatic rings. The zero-order valence-electron chi connectivity index (χ0n) is 19.0. The fraction of sp³-hybridized carbons (Fsp3) is 0.222. The first-order valence-electron chi connectivity index (χ1n) is 11.3. The Morgan fingerprint density at radius 2 is 1.35 bits per heavy atom. The molecule has 2 N–H and O–H groups in total. The molecule has 0 bridgehead atoms. The van der Waals surface area contributed by atoms with Gasteiger partial charge in [0.05, 0.1) is 6.61 Å². The average Bonchev–Trinajstić information content (AvgIpc) is 3.25. The second-order valence-electron chi connectivity index (χ2n) is 8.06. The maximum atomic E-state index is 12.6. The Labute approximate surface area is 198 Å². The molecular formula is C27H27N3O4. The molecule has 7 heteroatoms. The molecule has 0 unspecified atom stereocenters. The maximum Gasteiger partial charge on any atom is 0.255 e. The molecule has 0 atom stereocenters. The second-order valence-corrected chi connectivity index (χ2v) is 8.06. The van der Waals surface area contributed by atoms with E-state index in [9.17, 15) is 14.4 Å². The molecule has 3 aromatic carbocycles. The van der Waals surface area contributed by atoms with Crippen molar-refractivity contribution in [1.29, 1.82) is 0 Å². The van der Waals surface area contributed by atoms with E-state index in [1.54, 1.807) is 60.7 Å². The van der Waals surface area contributed by atoms with Gasteiger partial charge in [-0.1, -0.05) is 12.1 Å². The summed E-state index contributed by atoms with van der Waals surface area (Å²) in [6.07, 6.45) is 1.52. The van der Waals surface area contributed by atoms with Gasteiger partial charge >= 0.3 is 0 Å². The van der Waals surface area contributed by atoms with Crippen LogP contribution in [0, 0.1) is 0 Å². The highest BCUT2D eigenvalue weighted by Crippen LogP contribution is 2.18. The maximum absolute atomic E-state index is 12.6. The molecule has 0 aliphatic carbocycles. The number of amides is 3. The number of carbonyl (C=O) groups excluding carboxylic acids is 3. The molecule has 3 amide bonds. The summed E-state index contributed by atoms with van der Waals surface area (Å²) in [5.41, 5.74) is 3.26. The number of nitrogens with zero attached hydrogens (tertiary/aromatic N) is 1. The molecule has 34 heavy (non-hydrogen) atoms. The van der Waals surface area contributed by atoms with Crippen LogP contribution in [-0.2, 0) is 11.3 Å². The molecule has 1 saturated heterocycles. The first kappa shape index (κ1) is 23.0. The van der Waals surface area contributed by atoms with Crippen LogP contribution in [0.15, 0.2) is 72.8 Å². The summed E-state index contributed by atoms with van der Waals surface area (Å²) in [6, 6.07) is 21.1. The number of rotatable bonds is 8. The van der Waals surface area contributed by atoms with Crippen LogP contribution in [0.4, 0.5) is 11.4 Å². The fourth-order valence-electron chi connectivity index (χ4n) is 3.77. The first-order valence-corrected chi connectivity index (χ1v) is 11.3. The highest BCUT2D eigenvalue weighted by Gasteiger charge is 2.20. The third kappa shape index (κ3) is 5.81. The molecule has 1 heterocycles. The predicted octanol–water partition coefficient (Wildman–Crippen LogP) is 4.71. The molecule has 4 rings (SSSR count). The number of anilines is 2. The van der Waals surface area contributed by atoms with Crippen LogP contribution >= 0.6 is 0 Å². The Kier molecular flexibility index (Phi) is 7.22. The largest absolute Gasteiger partial charge is 0.494 e. The summed E-state index contributed by atoms with van der Waals surface area (Å²) in [7, 11) is 0. The molecule has 1 aliphatic heterocycles. The second kappa shape index (κ2) is 10.7. The Balaban J connectivity index is 1.31. The number of ether oxygens (including phenoxy) is 1. The van der Waals surface area contributed by atoms with Gasteiger partial charge in [0.15, 0.2) is 0 Å². The predicted molar refractivity (Wildman–Crippen MR) is 131 cm³/mol. The summed E-state index contributed by atoms with van der Waals surface area (Å²) < 4.78 is 5.40. The third-order valence-electron chi connectivity index (χ3n) is 5.59. The molecule has 0 radical (unpaired) electrons. The molecule has 0 spiro atoms. The van der Waals surface area contributed by atoms with E-state index in [1.807, 2.05) is 24.0 Å². The SMILES string of the molecule is CCOc1ccc(NC(=O)c2ccc(NC(=O)c3ccc(CN4CCCC4=O)cc3)cc2)cc1. The Morgan fingerprint density at radius 3 is 1.85 bits per heavy atom. The molecule has 0 aromatic heterocycles. The van der Waals surface area contributed by atoms with E-state index in [-0.39, 0.29) is 17.7 Å². The summed E-state index contributed by atoms with van der Waals surface area (Å²) in [4.78, 5) is 38.7. The van der Waals surface area contributed by atoms with Crippen molar-refractivity contribution < 1.29 is 19.1 Å². The lowest BCUT2D eigenvalue weighted by atomic mass is 10.1. The van der Waals surface area contributed by atoms with Crippen molar-refractivity contribution in [1.82, 2.24) is 4.90 Å². The van der Waals surface area contributed by atoms with Gasteiger partial charge in [-0.3, -0.25) is 14.4 Å². The van der Waals surface area contributed by atoms with Gasteiger partial charge in [0.25, 0.3) is 11.8 Å². The minimum atomic E-state index is -0.242. The van der Waals surface area contributed by atoms with Crippen LogP contribution in [0.5, 0.6) is 5.75 Å². The lowest BCUT2D eigenvalue weighted by Gasteiger charge is -2.15. The van der Waals surface area contributed by atoms with E-state index in [0.717, 1.165) is 24.3 Å². The molecule has 7 nitrogen and oxygen atoms in total. The average molecular weight is 458 g/mol. The van der Waals surface area contributed by atoms with Crippen LogP contribution in [0.3, 0.4) is 0 Å². The summed E-state index contributed by atoms with van der Waals surface area (Å²) in [6.45, 7) is 3.86. The van der Waals surface area contributed by atoms with Gasteiger partial charge in [-0.15, -0.1) is 0 Å². The Bertz CT molecular complexity index is 1160. The van der Waals surface area contributed by atoms with Gasteiger partial charge in [0.1, 0.15) is 5.75 Å². The van der Waals surface area contributed by atoms with E-state index in [4.69, 9.17) is 4.74 Å². The van der Waals surface area contributed by atoms with Crippen molar-refractivity contribution >= 4 is 29.1 Å². The molecule has 1 fully saturated rings. The quantitative estimate of drug-likeness (QED) is 0.513. The van der Waals surface area contributed by atoms with Gasteiger partial charge in [-0.05, 0) is 79.6 Å². The number of carbonyl (C=O) groups is 3. The van der Waals surface area contributed by atoms with Crippen LogP contribution in [0.1, 0.15) is 46.0 Å². The number of likely N-dealkylation sites (tertiary alicyclic amines) is 1. The standard InChI is InChI=1S/C27H27N3O4/c1-2-34-24-15-13-23(14-16-24)29-27(33)21-9-11-22(12-10-21)28-26(32)20-7-5-19(6-8-20)18-30-17-3-4-25(30)31/h5-16H,2-4,17-18H2,1H3,(H,28,32)(H,29,33). The van der Waals surface area contributed by atoms with Gasteiger partial charge in [0, 0.05) is 42.0 Å². The summed E-state index contributed by atoms with van der Waals surface area (Å²) >= 11 is 0. The van der Waals surface area contributed by atoms with E-state index in [2.05, 4.69) is 10.6 Å². The number of nitrogens with one attached hydrogen (secondary N) is 2. The lowest BCUT2D eigenvalue weighted by Crippen LogP contribution is -2.23. The molecule has 3 aromatic rings. The normalized spacial score (nSPS) is 13.0. The van der Waals surface area contributed by atoms with Crippen molar-refractivity contribution in [3.8, 4) is 5.75 Å². The molecule has 0 saturated carbocycles. The summed E-state index contributed by atoms with van der Waals surface area (Å²) in [5, 5.41) is 5.68. The van der Waals surface area contributed by atoms with Gasteiger partial charge in [-0.25, -0.2) is 0 Å². The van der Waals surface area contributed by atoms with E-state index in [0.29, 0.717) is 42.1 Å². The summed E-state index contributed by atoms with van der Waals surface area (Å²) in [5.74, 6) is 0.444. The van der Waals surface area contributed by atoms with Gasteiger partial charge in [-0.2, -0.15) is 0 Å². The molecule has 174 valence electrons. The van der Waals surface area contributed by atoms with E-state index >= 15 is 0 Å². The van der Waals surface area contributed by atoms with E-state index in [1.165, 1.54) is 0 Å². The Hall–Kier alpha value is -4.13. The van der Waals surface area contributed by atoms with Crippen molar-refractivity contribution in [3.05, 3.63) is 89.5 Å². The minimum Gasteiger partial charge on any atom is -0.494 e. The third-order valence-corrected chi connectivity index (χ3v) is 5.59. The topological polar surface area (TPSA) is 87.7 Å². The number of hydrogen-bond donors (Lipinski definition) is 2. The van der Waals surface area contributed by atoms with Crippen LogP contribution in [-0.4, -0.2) is 35.8 Å². The van der Waals surface area contributed by atoms with Crippen molar-refractivity contribution in [2.75, 3.05) is 23.8 Å². The minimum absolute atomic E-state index is 0.179. The Morgan fingerprint density at radius 1 is 0.824 bits per heavy atom. The van der Waals surface area contributed by atoms with Crippen LogP contribution in [0.25, 0.3) is 0 Å². The number of hydrogen-bond acceptors (Lipinski definition) is 4. The zero-order chi connectivity index (χ0) is 23.9. The number of benzene rings is 3. The first-order chi connectivity index (χ1) is 16.5. The van der Waals surface area contributed by atoms with Crippen LogP contribution < -0.4 is 15.4 Å². The van der Waals surface area contributed by atoms with Gasteiger partial charge < -0.3 is 20.3 Å². The smallest absolute Gasteiger partial charge is 0.255 e. The van der Waals surface area contributed by atoms with Crippen LogP contribution in [0.2, 0.25) is 0 Å². The van der Waals surface area contributed by atoms with Crippen molar-refractivity contribution in [2.24, 2.45) is 0 Å². The van der Waals surface area contributed by atoms with E-state index < -0.39 is 0 Å². The fourth-order valence-corrected chi connectivity index (χ4v) is 3.77. The lowest BCUT2D eigenvalue weighted by molar-refractivity contribution is -0.128. The zero-order valence-corrected chi connectivity index (χ0v) is 19.0. The highest BCUT2D eigenvalue weighted by atomic mass is 16.5. The van der Waals surface area contributed by atoms with Crippen molar-refractivity contribution in [2.45, 2.75) is 26.3 Å². The van der Waals surface area contributed by atoms with Gasteiger partial charge in [0.2, 0.25) is 5.91 Å². The monoisotopic (exact) mass is 457 g/mol.